The highest BCUT2D eigenvalue weighted by Crippen LogP contribution is 2.44. The summed E-state index contributed by atoms with van der Waals surface area (Å²) in [5.74, 6) is 2.71. The lowest BCUT2D eigenvalue weighted by Gasteiger charge is -2.42. The molecule has 0 radical (unpaired) electrons. The molecule has 2 aromatic carbocycles. The van der Waals surface area contributed by atoms with E-state index < -0.39 is 11.4 Å². The minimum absolute atomic E-state index is 0.0746. The zero-order valence-corrected chi connectivity index (χ0v) is 28.8. The highest BCUT2D eigenvalue weighted by atomic mass is 19.1. The summed E-state index contributed by atoms with van der Waals surface area (Å²) in [5, 5.41) is 2.13. The zero-order valence-electron chi connectivity index (χ0n) is 28.8. The van der Waals surface area contributed by atoms with Crippen molar-refractivity contribution in [2.24, 2.45) is 0 Å². The molecule has 4 aliphatic rings. The monoisotopic (exact) mass is 672 g/mol. The average Bonchev–Trinajstić information content (AvgIpc) is 3.64. The number of hydrogen-bond acceptors (Lipinski definition) is 8. The SMILES string of the molecule is C#Cc1cccc2cccc(-c3ncc4c(N5CC6CCC(C5)N6C(=O)OC(C)(C)C)nc(OCC56CC(=C)CN5CC(=C)C6)nc4c3F)c12. The van der Waals surface area contributed by atoms with Crippen molar-refractivity contribution in [2.75, 3.05) is 37.7 Å². The number of pyridine rings is 1. The lowest BCUT2D eigenvalue weighted by Crippen LogP contribution is -2.57. The van der Waals surface area contributed by atoms with Gasteiger partial charge in [-0.15, -0.1) is 6.42 Å². The quantitative estimate of drug-likeness (QED) is 0.168. The highest BCUT2D eigenvalue weighted by Gasteiger charge is 2.48. The Morgan fingerprint density at radius 1 is 1.06 bits per heavy atom. The molecule has 4 aliphatic heterocycles. The zero-order chi connectivity index (χ0) is 34.9. The van der Waals surface area contributed by atoms with Crippen LogP contribution in [0, 0.1) is 18.2 Å². The van der Waals surface area contributed by atoms with Gasteiger partial charge in [-0.3, -0.25) is 14.8 Å². The van der Waals surface area contributed by atoms with Crippen molar-refractivity contribution < 1.29 is 18.7 Å². The van der Waals surface area contributed by atoms with Crippen molar-refractivity contribution in [1.82, 2.24) is 24.8 Å². The van der Waals surface area contributed by atoms with Gasteiger partial charge in [-0.1, -0.05) is 60.6 Å². The minimum Gasteiger partial charge on any atom is -0.461 e. The first-order valence-corrected chi connectivity index (χ1v) is 17.3. The van der Waals surface area contributed by atoms with Crippen LogP contribution in [0.1, 0.15) is 52.0 Å². The number of nitrogens with zero attached hydrogens (tertiary/aromatic N) is 6. The molecule has 0 spiro atoms. The van der Waals surface area contributed by atoms with E-state index in [0.717, 1.165) is 60.7 Å². The van der Waals surface area contributed by atoms with Gasteiger partial charge in [0.05, 0.1) is 23.0 Å². The second-order valence-electron chi connectivity index (χ2n) is 15.3. The molecular weight excluding hydrogens is 631 g/mol. The fourth-order valence-corrected chi connectivity index (χ4v) is 8.51. The first-order valence-electron chi connectivity index (χ1n) is 17.3. The van der Waals surface area contributed by atoms with Gasteiger partial charge in [-0.2, -0.15) is 9.97 Å². The van der Waals surface area contributed by atoms with E-state index in [9.17, 15) is 4.79 Å². The van der Waals surface area contributed by atoms with E-state index in [1.165, 1.54) is 0 Å². The van der Waals surface area contributed by atoms with Crippen LogP contribution >= 0.6 is 0 Å². The fraction of sp³-hybridized carbons (Fsp3) is 0.400. The Bertz CT molecular complexity index is 2090. The fourth-order valence-electron chi connectivity index (χ4n) is 8.51. The van der Waals surface area contributed by atoms with Crippen molar-refractivity contribution in [3.05, 3.63) is 78.3 Å². The van der Waals surface area contributed by atoms with Gasteiger partial charge in [0, 0.05) is 48.9 Å². The molecule has 0 aliphatic carbocycles. The Morgan fingerprint density at radius 2 is 1.74 bits per heavy atom. The molecule has 2 bridgehead atoms. The number of piperazine rings is 1. The van der Waals surface area contributed by atoms with E-state index in [0.29, 0.717) is 42.0 Å². The number of carbonyl (C=O) groups excluding carboxylic acids is 1. The van der Waals surface area contributed by atoms with Gasteiger partial charge in [0.25, 0.3) is 0 Å². The Labute approximate surface area is 291 Å². The Balaban J connectivity index is 1.21. The summed E-state index contributed by atoms with van der Waals surface area (Å²) in [6, 6.07) is 11.3. The van der Waals surface area contributed by atoms with Crippen molar-refractivity contribution in [2.45, 2.75) is 69.7 Å². The first-order chi connectivity index (χ1) is 23.9. The third kappa shape index (κ3) is 5.44. The van der Waals surface area contributed by atoms with Crippen LogP contribution in [-0.2, 0) is 4.74 Å². The largest absolute Gasteiger partial charge is 0.461 e. The number of hydrogen-bond donors (Lipinski definition) is 0. The second-order valence-corrected chi connectivity index (χ2v) is 15.3. The summed E-state index contributed by atoms with van der Waals surface area (Å²) in [4.78, 5) is 33.9. The highest BCUT2D eigenvalue weighted by molar-refractivity contribution is 6.02. The van der Waals surface area contributed by atoms with E-state index in [1.807, 2.05) is 62.1 Å². The predicted octanol–water partition coefficient (Wildman–Crippen LogP) is 6.89. The maximum atomic E-state index is 17.0. The molecule has 256 valence electrons. The van der Waals surface area contributed by atoms with Gasteiger partial charge in [0.15, 0.2) is 5.82 Å². The van der Waals surface area contributed by atoms with Crippen LogP contribution in [-0.4, -0.2) is 86.9 Å². The third-order valence-electron chi connectivity index (χ3n) is 10.5. The topological polar surface area (TPSA) is 83.9 Å². The standard InChI is InChI=1S/C40H41FN6O3/c1-7-26-10-8-11-27-12-9-13-30(32(26)27)34-33(41)35-31(18-42-34)36(45-21-28-14-15-29(22-45)47(28)38(48)50-39(4,5)6)44-37(43-35)49-23-40-16-24(2)19-46(40)20-25(3)17-40/h1,8-13,18,28-29H,2-3,14-17,19-23H2,4-6H3. The summed E-state index contributed by atoms with van der Waals surface area (Å²) < 4.78 is 29.2. The van der Waals surface area contributed by atoms with E-state index in [4.69, 9.17) is 30.8 Å². The number of ether oxygens (including phenoxy) is 2. The van der Waals surface area contributed by atoms with E-state index in [1.54, 1.807) is 6.20 Å². The number of amides is 1. The number of halogens is 1. The lowest BCUT2D eigenvalue weighted by atomic mass is 9.92. The molecule has 10 heteroatoms. The van der Waals surface area contributed by atoms with Crippen LogP contribution in [0.3, 0.4) is 0 Å². The number of anilines is 1. The summed E-state index contributed by atoms with van der Waals surface area (Å²) in [6.45, 7) is 17.1. The van der Waals surface area contributed by atoms with Crippen molar-refractivity contribution in [1.29, 1.82) is 0 Å². The van der Waals surface area contributed by atoms with Crippen molar-refractivity contribution in [3.63, 3.8) is 0 Å². The molecule has 50 heavy (non-hydrogen) atoms. The van der Waals surface area contributed by atoms with Gasteiger partial charge in [0.2, 0.25) is 0 Å². The normalized spacial score (nSPS) is 21.6. The molecule has 9 nitrogen and oxygen atoms in total. The van der Waals surface area contributed by atoms with Gasteiger partial charge in [-0.05, 0) is 57.9 Å². The van der Waals surface area contributed by atoms with Gasteiger partial charge in [-0.25, -0.2) is 9.18 Å². The van der Waals surface area contributed by atoms with Gasteiger partial charge < -0.3 is 14.4 Å². The van der Waals surface area contributed by atoms with Crippen LogP contribution in [0.5, 0.6) is 6.01 Å². The molecule has 8 rings (SSSR count). The second kappa shape index (κ2) is 11.8. The summed E-state index contributed by atoms with van der Waals surface area (Å²) in [6.07, 6.45) is 10.5. The number of benzene rings is 2. The van der Waals surface area contributed by atoms with Gasteiger partial charge >= 0.3 is 12.1 Å². The minimum atomic E-state index is -0.596. The van der Waals surface area contributed by atoms with Crippen molar-refractivity contribution in [3.8, 4) is 29.6 Å². The Kier molecular flexibility index (Phi) is 7.60. The van der Waals surface area contributed by atoms with Crippen LogP contribution in [0.2, 0.25) is 0 Å². The van der Waals surface area contributed by atoms with E-state index >= 15 is 4.39 Å². The molecular formula is C40H41FN6O3. The maximum Gasteiger partial charge on any atom is 0.410 e. The van der Waals surface area contributed by atoms with Gasteiger partial charge in [0.1, 0.15) is 29.2 Å². The summed E-state index contributed by atoms with van der Waals surface area (Å²) >= 11 is 0. The molecule has 4 saturated heterocycles. The molecule has 2 aromatic heterocycles. The van der Waals surface area contributed by atoms with Crippen molar-refractivity contribution >= 4 is 33.6 Å². The molecule has 4 fully saturated rings. The number of aromatic nitrogens is 3. The molecule has 6 heterocycles. The number of fused-ring (bicyclic) bond motifs is 5. The average molecular weight is 673 g/mol. The maximum absolute atomic E-state index is 17.0. The number of rotatable bonds is 5. The molecule has 0 saturated carbocycles. The predicted molar refractivity (Wildman–Crippen MR) is 193 cm³/mol. The number of terminal acetylenes is 1. The molecule has 4 aromatic rings. The first kappa shape index (κ1) is 32.2. The lowest BCUT2D eigenvalue weighted by molar-refractivity contribution is 0.0122. The molecule has 0 N–H and O–H groups in total. The van der Waals surface area contributed by atoms with E-state index in [2.05, 4.69) is 28.9 Å². The smallest absolute Gasteiger partial charge is 0.410 e. The molecule has 1 amide bonds. The van der Waals surface area contributed by atoms with Crippen LogP contribution < -0.4 is 9.64 Å². The van der Waals surface area contributed by atoms with Crippen LogP contribution in [0.25, 0.3) is 32.9 Å². The van der Waals surface area contributed by atoms with Crippen LogP contribution in [0.4, 0.5) is 15.0 Å². The molecule has 2 unspecified atom stereocenters. The van der Waals surface area contributed by atoms with Crippen LogP contribution in [0.15, 0.2) is 66.9 Å². The summed E-state index contributed by atoms with van der Waals surface area (Å²) in [5.41, 5.74) is 2.96. The number of carbonyl (C=O) groups is 1. The van der Waals surface area contributed by atoms with E-state index in [-0.39, 0.29) is 40.9 Å². The molecule has 2 atom stereocenters. The summed E-state index contributed by atoms with van der Waals surface area (Å²) in [7, 11) is 0. The Morgan fingerprint density at radius 3 is 2.40 bits per heavy atom. The third-order valence-corrected chi connectivity index (χ3v) is 10.5. The Hall–Kier alpha value is -5.01.